The Labute approximate surface area is 113 Å². The van der Waals surface area contributed by atoms with Crippen molar-refractivity contribution in [3.05, 3.63) is 29.8 Å². The molecule has 0 unspecified atom stereocenters. The normalized spacial score (nSPS) is 16.7. The standard InChI is InChI=1S/C14H21N5/c1-11-12(10-17-18-11)9-16-14-15-7-8-19(14)13-5-3-2-4-6-13/h7-8,10,13H,2-6,9H2,1H3,(H,15,16)(H,17,18). The molecule has 3 rings (SSSR count). The van der Waals surface area contributed by atoms with Gasteiger partial charge in [0.05, 0.1) is 6.20 Å². The van der Waals surface area contributed by atoms with Crippen molar-refractivity contribution in [3.8, 4) is 0 Å². The fourth-order valence-corrected chi connectivity index (χ4v) is 2.83. The van der Waals surface area contributed by atoms with Crippen LogP contribution in [0, 0.1) is 6.92 Å². The molecule has 19 heavy (non-hydrogen) atoms. The first kappa shape index (κ1) is 12.3. The van der Waals surface area contributed by atoms with Crippen LogP contribution in [0.1, 0.15) is 49.4 Å². The number of hydrogen-bond donors (Lipinski definition) is 2. The minimum Gasteiger partial charge on any atom is -0.351 e. The van der Waals surface area contributed by atoms with E-state index in [2.05, 4.69) is 31.3 Å². The average molecular weight is 259 g/mol. The SMILES string of the molecule is Cc1[nH]ncc1CNc1nccn1C1CCCCC1. The fourth-order valence-electron chi connectivity index (χ4n) is 2.83. The minimum atomic E-state index is 0.615. The van der Waals surface area contributed by atoms with Crippen molar-refractivity contribution < 1.29 is 0 Å². The van der Waals surface area contributed by atoms with Crippen molar-refractivity contribution in [2.75, 3.05) is 5.32 Å². The molecule has 2 aromatic heterocycles. The fraction of sp³-hybridized carbons (Fsp3) is 0.571. The van der Waals surface area contributed by atoms with E-state index in [9.17, 15) is 0 Å². The molecule has 2 heterocycles. The third kappa shape index (κ3) is 2.64. The largest absolute Gasteiger partial charge is 0.351 e. The van der Waals surface area contributed by atoms with Gasteiger partial charge in [-0.3, -0.25) is 5.10 Å². The first-order valence-corrected chi connectivity index (χ1v) is 7.10. The van der Waals surface area contributed by atoms with Crippen LogP contribution >= 0.6 is 0 Å². The second-order valence-electron chi connectivity index (χ2n) is 5.32. The smallest absolute Gasteiger partial charge is 0.203 e. The first-order valence-electron chi connectivity index (χ1n) is 7.10. The van der Waals surface area contributed by atoms with Gasteiger partial charge in [0.15, 0.2) is 0 Å². The van der Waals surface area contributed by atoms with E-state index < -0.39 is 0 Å². The van der Waals surface area contributed by atoms with Gasteiger partial charge in [-0.1, -0.05) is 19.3 Å². The Morgan fingerprint density at radius 3 is 2.95 bits per heavy atom. The average Bonchev–Trinajstić information content (AvgIpc) is 3.06. The van der Waals surface area contributed by atoms with Gasteiger partial charge < -0.3 is 9.88 Å². The lowest BCUT2D eigenvalue weighted by Gasteiger charge is -2.24. The zero-order chi connectivity index (χ0) is 13.1. The van der Waals surface area contributed by atoms with Crippen LogP contribution in [-0.4, -0.2) is 19.7 Å². The molecule has 5 nitrogen and oxygen atoms in total. The molecule has 0 bridgehead atoms. The van der Waals surface area contributed by atoms with Crippen LogP contribution in [0.4, 0.5) is 5.95 Å². The van der Waals surface area contributed by atoms with Crippen LogP contribution in [0.3, 0.4) is 0 Å². The summed E-state index contributed by atoms with van der Waals surface area (Å²) in [5.74, 6) is 0.979. The number of rotatable bonds is 4. The van der Waals surface area contributed by atoms with Gasteiger partial charge in [0.25, 0.3) is 0 Å². The summed E-state index contributed by atoms with van der Waals surface area (Å²) in [4.78, 5) is 4.44. The molecule has 2 N–H and O–H groups in total. The van der Waals surface area contributed by atoms with Crippen molar-refractivity contribution in [3.63, 3.8) is 0 Å². The summed E-state index contributed by atoms with van der Waals surface area (Å²) in [7, 11) is 0. The lowest BCUT2D eigenvalue weighted by atomic mass is 9.95. The molecule has 0 atom stereocenters. The van der Waals surface area contributed by atoms with E-state index in [1.165, 1.54) is 37.7 Å². The number of anilines is 1. The third-order valence-corrected chi connectivity index (χ3v) is 4.01. The summed E-state index contributed by atoms with van der Waals surface area (Å²) in [6.07, 6.45) is 12.5. The molecule has 0 aliphatic heterocycles. The van der Waals surface area contributed by atoms with Gasteiger partial charge in [-0.15, -0.1) is 0 Å². The van der Waals surface area contributed by atoms with E-state index in [0.29, 0.717) is 6.04 Å². The maximum absolute atomic E-state index is 4.44. The number of imidazole rings is 1. The second kappa shape index (κ2) is 5.47. The Bertz CT molecular complexity index is 521. The molecule has 0 amide bonds. The molecule has 0 radical (unpaired) electrons. The number of nitrogens with zero attached hydrogens (tertiary/aromatic N) is 3. The summed E-state index contributed by atoms with van der Waals surface area (Å²) < 4.78 is 2.30. The van der Waals surface area contributed by atoms with Crippen LogP contribution in [0.25, 0.3) is 0 Å². The summed E-state index contributed by atoms with van der Waals surface area (Å²) in [6, 6.07) is 0.615. The first-order chi connectivity index (χ1) is 9.34. The van der Waals surface area contributed by atoms with Crippen LogP contribution < -0.4 is 5.32 Å². The molecular weight excluding hydrogens is 238 g/mol. The summed E-state index contributed by atoms with van der Waals surface area (Å²) in [5.41, 5.74) is 2.31. The van der Waals surface area contributed by atoms with Crippen molar-refractivity contribution in [1.82, 2.24) is 19.7 Å². The second-order valence-corrected chi connectivity index (χ2v) is 5.32. The van der Waals surface area contributed by atoms with Gasteiger partial charge in [-0.2, -0.15) is 5.10 Å². The van der Waals surface area contributed by atoms with Gasteiger partial charge in [0.2, 0.25) is 5.95 Å². The van der Waals surface area contributed by atoms with E-state index in [4.69, 9.17) is 0 Å². The van der Waals surface area contributed by atoms with Crippen molar-refractivity contribution in [2.24, 2.45) is 0 Å². The highest BCUT2D eigenvalue weighted by Gasteiger charge is 2.17. The number of hydrogen-bond acceptors (Lipinski definition) is 3. The van der Waals surface area contributed by atoms with Crippen LogP contribution in [-0.2, 0) is 6.54 Å². The quantitative estimate of drug-likeness (QED) is 0.887. The highest BCUT2D eigenvalue weighted by molar-refractivity contribution is 5.30. The van der Waals surface area contributed by atoms with Gasteiger partial charge >= 0.3 is 0 Å². The van der Waals surface area contributed by atoms with Gasteiger partial charge in [-0.25, -0.2) is 4.98 Å². The van der Waals surface area contributed by atoms with E-state index in [1.807, 2.05) is 19.3 Å². The van der Waals surface area contributed by atoms with Gasteiger partial charge in [-0.05, 0) is 19.8 Å². The van der Waals surface area contributed by atoms with E-state index >= 15 is 0 Å². The maximum Gasteiger partial charge on any atom is 0.203 e. The highest BCUT2D eigenvalue weighted by Crippen LogP contribution is 2.30. The molecule has 1 aliphatic carbocycles. The lowest BCUT2D eigenvalue weighted by molar-refractivity contribution is 0.356. The molecule has 0 aromatic carbocycles. The number of nitrogens with one attached hydrogen (secondary N) is 2. The molecule has 102 valence electrons. The lowest BCUT2D eigenvalue weighted by Crippen LogP contribution is -2.15. The Morgan fingerprint density at radius 2 is 2.21 bits per heavy atom. The predicted molar refractivity (Wildman–Crippen MR) is 75.0 cm³/mol. The maximum atomic E-state index is 4.44. The molecular formula is C14H21N5. The van der Waals surface area contributed by atoms with Crippen molar-refractivity contribution in [2.45, 2.75) is 51.6 Å². The van der Waals surface area contributed by atoms with Crippen LogP contribution in [0.5, 0.6) is 0 Å². The molecule has 0 spiro atoms. The van der Waals surface area contributed by atoms with Gasteiger partial charge in [0, 0.05) is 36.2 Å². The number of H-pyrrole nitrogens is 1. The Balaban J connectivity index is 1.68. The van der Waals surface area contributed by atoms with Crippen LogP contribution in [0.15, 0.2) is 18.6 Å². The molecule has 5 heteroatoms. The zero-order valence-corrected chi connectivity index (χ0v) is 11.4. The van der Waals surface area contributed by atoms with Crippen molar-refractivity contribution in [1.29, 1.82) is 0 Å². The Kier molecular flexibility index (Phi) is 3.53. The minimum absolute atomic E-state index is 0.615. The number of aromatic amines is 1. The highest BCUT2D eigenvalue weighted by atomic mass is 15.2. The molecule has 2 aromatic rings. The zero-order valence-electron chi connectivity index (χ0n) is 11.4. The molecule has 0 saturated heterocycles. The van der Waals surface area contributed by atoms with Crippen LogP contribution in [0.2, 0.25) is 0 Å². The van der Waals surface area contributed by atoms with E-state index in [-0.39, 0.29) is 0 Å². The van der Waals surface area contributed by atoms with Gasteiger partial charge in [0.1, 0.15) is 0 Å². The summed E-state index contributed by atoms with van der Waals surface area (Å²) in [5, 5.41) is 10.4. The number of aryl methyl sites for hydroxylation is 1. The predicted octanol–water partition coefficient (Wildman–Crippen LogP) is 3.03. The molecule has 1 saturated carbocycles. The Hall–Kier alpha value is -1.78. The number of aromatic nitrogens is 4. The Morgan fingerprint density at radius 1 is 1.37 bits per heavy atom. The van der Waals surface area contributed by atoms with Crippen molar-refractivity contribution >= 4 is 5.95 Å². The molecule has 1 aliphatic rings. The monoisotopic (exact) mass is 259 g/mol. The topological polar surface area (TPSA) is 58.5 Å². The third-order valence-electron chi connectivity index (χ3n) is 4.01. The van der Waals surface area contributed by atoms with E-state index in [1.54, 1.807) is 0 Å². The van der Waals surface area contributed by atoms with E-state index in [0.717, 1.165) is 18.2 Å². The molecule has 1 fully saturated rings. The summed E-state index contributed by atoms with van der Waals surface area (Å²) in [6.45, 7) is 2.81. The summed E-state index contributed by atoms with van der Waals surface area (Å²) >= 11 is 0.